The monoisotopic (exact) mass is 317 g/mol. The molecule has 8 nitrogen and oxygen atoms in total. The van der Waals surface area contributed by atoms with Crippen LogP contribution in [0.3, 0.4) is 0 Å². The van der Waals surface area contributed by atoms with E-state index in [1.807, 2.05) is 10.6 Å². The summed E-state index contributed by atoms with van der Waals surface area (Å²) in [5.74, 6) is -3.70. The molecule has 0 spiro atoms. The maximum atomic E-state index is 12.0. The van der Waals surface area contributed by atoms with Crippen LogP contribution in [0.25, 0.3) is 0 Å². The Bertz CT molecular complexity index is 649. The summed E-state index contributed by atoms with van der Waals surface area (Å²) < 4.78 is 0. The summed E-state index contributed by atoms with van der Waals surface area (Å²) in [5.41, 5.74) is 0.769. The van der Waals surface area contributed by atoms with E-state index in [0.29, 0.717) is 5.56 Å². The molecule has 0 aromatic heterocycles. The number of nitrogens with one attached hydrogen (secondary N) is 2. The number of carboxylic acids is 1. The van der Waals surface area contributed by atoms with Gasteiger partial charge in [0.15, 0.2) is 5.92 Å². The summed E-state index contributed by atoms with van der Waals surface area (Å²) in [6, 6.07) is 7.74. The fraction of sp³-hybridized carbons (Fsp3) is 0.267. The Morgan fingerprint density at radius 3 is 2.26 bits per heavy atom. The van der Waals surface area contributed by atoms with E-state index in [9.17, 15) is 19.2 Å². The molecule has 4 amide bonds. The van der Waals surface area contributed by atoms with Crippen LogP contribution in [0.4, 0.5) is 4.79 Å². The minimum Gasteiger partial charge on any atom is -0.481 e. The van der Waals surface area contributed by atoms with Crippen LogP contribution >= 0.6 is 0 Å². The predicted octanol–water partition coefficient (Wildman–Crippen LogP) is 0.323. The minimum absolute atomic E-state index is 0.0624. The summed E-state index contributed by atoms with van der Waals surface area (Å²) in [6.45, 7) is 0.154. The zero-order chi connectivity index (χ0) is 16.8. The van der Waals surface area contributed by atoms with Gasteiger partial charge in [-0.3, -0.25) is 30.0 Å². The molecule has 1 fully saturated rings. The van der Waals surface area contributed by atoms with Crippen molar-refractivity contribution in [3.63, 3.8) is 0 Å². The van der Waals surface area contributed by atoms with Crippen LogP contribution < -0.4 is 10.6 Å². The molecule has 2 rings (SSSR count). The lowest BCUT2D eigenvalue weighted by atomic mass is 9.93. The molecule has 23 heavy (non-hydrogen) atoms. The molecule has 1 saturated heterocycles. The summed E-state index contributed by atoms with van der Waals surface area (Å²) in [7, 11) is 0. The Morgan fingerprint density at radius 2 is 1.70 bits per heavy atom. The van der Waals surface area contributed by atoms with Crippen molar-refractivity contribution in [3.05, 3.63) is 35.9 Å². The number of hydrogen-bond acceptors (Lipinski definition) is 5. The molecule has 1 heterocycles. The number of amides is 4. The number of aliphatic imine (C=N–C) groups is 1. The maximum absolute atomic E-state index is 12.0. The number of hydrogen-bond donors (Lipinski definition) is 3. The third kappa shape index (κ3) is 4.22. The van der Waals surface area contributed by atoms with Crippen LogP contribution in [0.1, 0.15) is 18.4 Å². The van der Waals surface area contributed by atoms with Gasteiger partial charge in [-0.25, -0.2) is 4.79 Å². The van der Waals surface area contributed by atoms with Gasteiger partial charge in [0.25, 0.3) is 0 Å². The number of carbonyl (C=O) groups excluding carboxylic acids is 3. The van der Waals surface area contributed by atoms with Crippen molar-refractivity contribution < 1.29 is 24.3 Å². The van der Waals surface area contributed by atoms with Gasteiger partial charge in [0.05, 0.1) is 5.71 Å². The molecule has 120 valence electrons. The number of aliphatic carboxylic acids is 1. The van der Waals surface area contributed by atoms with Crippen molar-refractivity contribution in [2.24, 2.45) is 10.9 Å². The lowest BCUT2D eigenvalue weighted by molar-refractivity contribution is -0.137. The van der Waals surface area contributed by atoms with E-state index in [0.717, 1.165) is 0 Å². The van der Waals surface area contributed by atoms with Crippen LogP contribution in [0.15, 0.2) is 35.3 Å². The third-order valence-electron chi connectivity index (χ3n) is 3.17. The van der Waals surface area contributed by atoms with Crippen molar-refractivity contribution in [1.82, 2.24) is 10.6 Å². The molecule has 3 N–H and O–H groups in total. The second kappa shape index (κ2) is 7.30. The summed E-state index contributed by atoms with van der Waals surface area (Å²) in [6.07, 6.45) is 0.216. The van der Waals surface area contributed by atoms with Gasteiger partial charge in [0.2, 0.25) is 11.8 Å². The van der Waals surface area contributed by atoms with Crippen molar-refractivity contribution in [1.29, 1.82) is 0 Å². The van der Waals surface area contributed by atoms with Gasteiger partial charge in [-0.2, -0.15) is 0 Å². The highest BCUT2D eigenvalue weighted by molar-refractivity contribution is 6.31. The van der Waals surface area contributed by atoms with Crippen LogP contribution in [0, 0.1) is 5.92 Å². The zero-order valence-electron chi connectivity index (χ0n) is 12.1. The lowest BCUT2D eigenvalue weighted by Gasteiger charge is -2.22. The Hall–Kier alpha value is -3.03. The lowest BCUT2D eigenvalue weighted by Crippen LogP contribution is -2.58. The molecule has 0 radical (unpaired) electrons. The number of rotatable bonds is 6. The Kier molecular flexibility index (Phi) is 5.19. The highest BCUT2D eigenvalue weighted by atomic mass is 16.4. The molecule has 1 aliphatic heterocycles. The number of urea groups is 1. The van der Waals surface area contributed by atoms with E-state index in [4.69, 9.17) is 5.11 Å². The molecule has 0 aliphatic carbocycles. The molecule has 0 bridgehead atoms. The first-order valence-corrected chi connectivity index (χ1v) is 6.96. The number of barbiturate groups is 1. The standard InChI is InChI=1S/C15H15N3O5/c19-10(20)7-4-8-16-12(9-5-2-1-3-6-9)11-13(21)17-15(23)18-14(11)22/h1-3,5-6,11H,4,7-8H2,(H,19,20)(H2,17,18,21,22,23). The number of benzene rings is 1. The minimum atomic E-state index is -1.25. The number of carbonyl (C=O) groups is 4. The van der Waals surface area contributed by atoms with E-state index in [2.05, 4.69) is 4.99 Å². The second-order valence-corrected chi connectivity index (χ2v) is 4.87. The number of nitrogens with zero attached hydrogens (tertiary/aromatic N) is 1. The molecular formula is C15H15N3O5. The maximum Gasteiger partial charge on any atom is 0.328 e. The predicted molar refractivity (Wildman–Crippen MR) is 79.9 cm³/mol. The Balaban J connectivity index is 2.28. The first-order valence-electron chi connectivity index (χ1n) is 6.96. The van der Waals surface area contributed by atoms with Crippen molar-refractivity contribution in [2.75, 3.05) is 6.54 Å². The largest absolute Gasteiger partial charge is 0.481 e. The fourth-order valence-electron chi connectivity index (χ4n) is 2.15. The average Bonchev–Trinajstić information content (AvgIpc) is 2.49. The van der Waals surface area contributed by atoms with Gasteiger partial charge in [0.1, 0.15) is 0 Å². The molecule has 1 aromatic carbocycles. The van der Waals surface area contributed by atoms with Gasteiger partial charge in [-0.1, -0.05) is 30.3 Å². The molecule has 0 saturated carbocycles. The normalized spacial score (nSPS) is 16.0. The molecule has 8 heteroatoms. The van der Waals surface area contributed by atoms with E-state index < -0.39 is 29.7 Å². The van der Waals surface area contributed by atoms with Crippen molar-refractivity contribution in [2.45, 2.75) is 12.8 Å². The van der Waals surface area contributed by atoms with E-state index in [-0.39, 0.29) is 25.1 Å². The summed E-state index contributed by atoms with van der Waals surface area (Å²) >= 11 is 0. The first kappa shape index (κ1) is 16.3. The van der Waals surface area contributed by atoms with Gasteiger partial charge >= 0.3 is 12.0 Å². The molecule has 1 aliphatic rings. The highest BCUT2D eigenvalue weighted by Crippen LogP contribution is 2.14. The molecule has 0 unspecified atom stereocenters. The van der Waals surface area contributed by atoms with E-state index >= 15 is 0 Å². The molecular weight excluding hydrogens is 302 g/mol. The van der Waals surface area contributed by atoms with E-state index in [1.54, 1.807) is 30.3 Å². The van der Waals surface area contributed by atoms with Gasteiger partial charge < -0.3 is 5.11 Å². The van der Waals surface area contributed by atoms with Crippen molar-refractivity contribution in [3.8, 4) is 0 Å². The summed E-state index contributed by atoms with van der Waals surface area (Å²) in [5, 5.41) is 12.7. The number of imide groups is 2. The van der Waals surface area contributed by atoms with Gasteiger partial charge in [0, 0.05) is 13.0 Å². The quantitative estimate of drug-likeness (QED) is 0.396. The van der Waals surface area contributed by atoms with Crippen LogP contribution in [-0.4, -0.2) is 41.2 Å². The number of carboxylic acid groups (broad SMARTS) is 1. The molecule has 0 atom stereocenters. The second-order valence-electron chi connectivity index (χ2n) is 4.87. The average molecular weight is 317 g/mol. The van der Waals surface area contributed by atoms with Crippen LogP contribution in [0.5, 0.6) is 0 Å². The summed E-state index contributed by atoms with van der Waals surface area (Å²) in [4.78, 5) is 49.9. The smallest absolute Gasteiger partial charge is 0.328 e. The van der Waals surface area contributed by atoms with E-state index in [1.165, 1.54) is 0 Å². The Labute approximate surface area is 131 Å². The Morgan fingerprint density at radius 1 is 1.09 bits per heavy atom. The molecule has 1 aromatic rings. The highest BCUT2D eigenvalue weighted by Gasteiger charge is 2.38. The fourth-order valence-corrected chi connectivity index (χ4v) is 2.15. The topological polar surface area (TPSA) is 125 Å². The zero-order valence-corrected chi connectivity index (χ0v) is 12.1. The van der Waals surface area contributed by atoms with Crippen LogP contribution in [0.2, 0.25) is 0 Å². The van der Waals surface area contributed by atoms with Crippen molar-refractivity contribution >= 4 is 29.5 Å². The van der Waals surface area contributed by atoms with Crippen LogP contribution in [-0.2, 0) is 14.4 Å². The van der Waals surface area contributed by atoms with Gasteiger partial charge in [-0.15, -0.1) is 0 Å². The SMILES string of the molecule is O=C(O)CCCN=C(c1ccccc1)C1C(=O)NC(=O)NC1=O. The first-order chi connectivity index (χ1) is 11.0. The van der Waals surface area contributed by atoms with Gasteiger partial charge in [-0.05, 0) is 12.0 Å². The third-order valence-corrected chi connectivity index (χ3v) is 3.17.